The molecule has 3 rings (SSSR count). The minimum atomic E-state index is -3.24. The van der Waals surface area contributed by atoms with Crippen LogP contribution in [-0.4, -0.2) is 14.7 Å². The molecule has 26 heavy (non-hydrogen) atoms. The Balaban J connectivity index is 1.74. The monoisotopic (exact) mass is 369 g/mol. The fraction of sp³-hybridized carbons (Fsp3) is 0.143. The lowest BCUT2D eigenvalue weighted by atomic mass is 10.0. The van der Waals surface area contributed by atoms with Crippen molar-refractivity contribution < 1.29 is 12.8 Å². The van der Waals surface area contributed by atoms with Crippen LogP contribution in [0.3, 0.4) is 0 Å². The first-order valence-corrected chi connectivity index (χ1v) is 10.2. The van der Waals surface area contributed by atoms with Crippen molar-refractivity contribution in [1.29, 1.82) is 0 Å². The molecule has 0 saturated carbocycles. The molecule has 5 heteroatoms. The van der Waals surface area contributed by atoms with Gasteiger partial charge in [-0.25, -0.2) is 12.8 Å². The molecule has 0 aliphatic rings. The van der Waals surface area contributed by atoms with E-state index in [0.717, 1.165) is 16.7 Å². The van der Waals surface area contributed by atoms with E-state index in [4.69, 9.17) is 0 Å². The third kappa shape index (κ3) is 4.56. The topological polar surface area (TPSA) is 46.2 Å². The molecule has 3 nitrogen and oxygen atoms in total. The number of nitrogens with one attached hydrogen (secondary N) is 1. The summed E-state index contributed by atoms with van der Waals surface area (Å²) in [6.45, 7) is 1.04. The van der Waals surface area contributed by atoms with Gasteiger partial charge in [0.2, 0.25) is 0 Å². The molecule has 3 aromatic rings. The molecule has 3 aromatic carbocycles. The second-order valence-corrected chi connectivity index (χ2v) is 8.21. The van der Waals surface area contributed by atoms with Gasteiger partial charge in [-0.3, -0.25) is 0 Å². The van der Waals surface area contributed by atoms with Crippen LogP contribution in [0.2, 0.25) is 0 Å². The van der Waals surface area contributed by atoms with Crippen molar-refractivity contribution >= 4 is 9.84 Å². The van der Waals surface area contributed by atoms with Crippen LogP contribution >= 0.6 is 0 Å². The summed E-state index contributed by atoms with van der Waals surface area (Å²) in [7, 11) is -3.24. The third-order valence-corrected chi connectivity index (χ3v) is 5.24. The molecule has 0 aliphatic carbocycles. The highest BCUT2D eigenvalue weighted by atomic mass is 32.2. The van der Waals surface area contributed by atoms with Gasteiger partial charge in [0.05, 0.1) is 4.90 Å². The van der Waals surface area contributed by atoms with Gasteiger partial charge in [0.25, 0.3) is 0 Å². The maximum Gasteiger partial charge on any atom is 0.175 e. The van der Waals surface area contributed by atoms with Crippen LogP contribution in [0.4, 0.5) is 4.39 Å². The van der Waals surface area contributed by atoms with Crippen LogP contribution in [0.25, 0.3) is 11.1 Å². The summed E-state index contributed by atoms with van der Waals surface area (Å²) >= 11 is 0. The summed E-state index contributed by atoms with van der Waals surface area (Å²) in [6, 6.07) is 21.5. The zero-order chi connectivity index (χ0) is 18.6. The number of sulfone groups is 1. The first-order valence-electron chi connectivity index (χ1n) is 8.27. The Morgan fingerprint density at radius 2 is 1.54 bits per heavy atom. The van der Waals surface area contributed by atoms with Crippen molar-refractivity contribution in [2.45, 2.75) is 18.0 Å². The maximum atomic E-state index is 13.6. The van der Waals surface area contributed by atoms with Gasteiger partial charge >= 0.3 is 0 Å². The molecule has 0 aromatic heterocycles. The molecular formula is C21H20FNO2S. The Kier molecular flexibility index (Phi) is 5.49. The number of halogens is 1. The lowest BCUT2D eigenvalue weighted by Gasteiger charge is -2.09. The summed E-state index contributed by atoms with van der Waals surface area (Å²) in [5.41, 5.74) is 3.47. The van der Waals surface area contributed by atoms with E-state index in [1.807, 2.05) is 36.4 Å². The van der Waals surface area contributed by atoms with Crippen LogP contribution in [0, 0.1) is 5.82 Å². The minimum Gasteiger partial charge on any atom is -0.309 e. The molecule has 0 amide bonds. The summed E-state index contributed by atoms with van der Waals surface area (Å²) < 4.78 is 37.1. The van der Waals surface area contributed by atoms with E-state index in [-0.39, 0.29) is 5.82 Å². The normalized spacial score (nSPS) is 11.5. The Labute approximate surface area is 153 Å². The smallest absolute Gasteiger partial charge is 0.175 e. The molecule has 0 radical (unpaired) electrons. The Hall–Kier alpha value is -2.50. The van der Waals surface area contributed by atoms with Crippen molar-refractivity contribution in [3.05, 3.63) is 89.7 Å². The summed E-state index contributed by atoms with van der Waals surface area (Å²) in [5.74, 6) is -0.216. The van der Waals surface area contributed by atoms with Gasteiger partial charge in [0, 0.05) is 24.9 Å². The van der Waals surface area contributed by atoms with Gasteiger partial charge in [-0.2, -0.15) is 0 Å². The van der Waals surface area contributed by atoms with E-state index >= 15 is 0 Å². The average molecular weight is 369 g/mol. The molecular weight excluding hydrogens is 349 g/mol. The van der Waals surface area contributed by atoms with Crippen molar-refractivity contribution in [1.82, 2.24) is 5.32 Å². The van der Waals surface area contributed by atoms with E-state index in [1.165, 1.54) is 12.3 Å². The zero-order valence-electron chi connectivity index (χ0n) is 14.4. The highest BCUT2D eigenvalue weighted by Crippen LogP contribution is 2.23. The first-order chi connectivity index (χ1) is 12.4. The maximum absolute atomic E-state index is 13.6. The van der Waals surface area contributed by atoms with E-state index in [9.17, 15) is 12.8 Å². The predicted molar refractivity (Wildman–Crippen MR) is 102 cm³/mol. The first kappa shape index (κ1) is 18.3. The van der Waals surface area contributed by atoms with Crippen LogP contribution in [0.15, 0.2) is 77.7 Å². The summed E-state index contributed by atoms with van der Waals surface area (Å²) in [5, 5.41) is 3.24. The summed E-state index contributed by atoms with van der Waals surface area (Å²) in [6.07, 6.45) is 1.20. The molecule has 0 saturated heterocycles. The van der Waals surface area contributed by atoms with Crippen LogP contribution in [0.1, 0.15) is 11.1 Å². The molecule has 0 bridgehead atoms. The minimum absolute atomic E-state index is 0.216. The van der Waals surface area contributed by atoms with Crippen molar-refractivity contribution in [3.63, 3.8) is 0 Å². The highest BCUT2D eigenvalue weighted by Gasteiger charge is 2.08. The quantitative estimate of drug-likeness (QED) is 0.709. The fourth-order valence-electron chi connectivity index (χ4n) is 2.75. The lowest BCUT2D eigenvalue weighted by molar-refractivity contribution is 0.588. The van der Waals surface area contributed by atoms with Crippen LogP contribution in [-0.2, 0) is 22.9 Å². The highest BCUT2D eigenvalue weighted by molar-refractivity contribution is 7.90. The predicted octanol–water partition coefficient (Wildman–Crippen LogP) is 4.19. The fourth-order valence-corrected chi connectivity index (χ4v) is 3.42. The number of rotatable bonds is 6. The van der Waals surface area contributed by atoms with E-state index in [1.54, 1.807) is 30.3 Å². The second kappa shape index (κ2) is 7.81. The van der Waals surface area contributed by atoms with E-state index in [2.05, 4.69) is 5.32 Å². The number of hydrogen-bond acceptors (Lipinski definition) is 3. The largest absolute Gasteiger partial charge is 0.309 e. The molecule has 0 fully saturated rings. The SMILES string of the molecule is CS(=O)(=O)c1cccc(-c2cccc(CNCc3ccccc3F)c2)c1. The van der Waals surface area contributed by atoms with Crippen molar-refractivity contribution in [3.8, 4) is 11.1 Å². The van der Waals surface area contributed by atoms with E-state index < -0.39 is 9.84 Å². The molecule has 1 N–H and O–H groups in total. The van der Waals surface area contributed by atoms with Gasteiger partial charge in [0.15, 0.2) is 9.84 Å². The Morgan fingerprint density at radius 3 is 2.27 bits per heavy atom. The standard InChI is InChI=1S/C21H20FNO2S/c1-26(24,25)20-10-5-9-18(13-20)17-8-4-6-16(12-17)14-23-15-19-7-2-3-11-21(19)22/h2-13,23H,14-15H2,1H3. The van der Waals surface area contributed by atoms with Crippen molar-refractivity contribution in [2.24, 2.45) is 0 Å². The molecule has 0 atom stereocenters. The van der Waals surface area contributed by atoms with Crippen LogP contribution < -0.4 is 5.32 Å². The van der Waals surface area contributed by atoms with Gasteiger partial charge in [-0.05, 0) is 41.0 Å². The molecule has 134 valence electrons. The molecule has 0 heterocycles. The number of hydrogen-bond donors (Lipinski definition) is 1. The molecule has 0 spiro atoms. The zero-order valence-corrected chi connectivity index (χ0v) is 15.3. The Bertz CT molecular complexity index is 1020. The van der Waals surface area contributed by atoms with Gasteiger partial charge < -0.3 is 5.32 Å². The van der Waals surface area contributed by atoms with Gasteiger partial charge in [-0.15, -0.1) is 0 Å². The van der Waals surface area contributed by atoms with Gasteiger partial charge in [-0.1, -0.05) is 48.5 Å². The number of benzene rings is 3. The van der Waals surface area contributed by atoms with E-state index in [0.29, 0.717) is 23.5 Å². The third-order valence-electron chi connectivity index (χ3n) is 4.12. The molecule has 0 aliphatic heterocycles. The average Bonchev–Trinajstić information content (AvgIpc) is 2.63. The summed E-state index contributed by atoms with van der Waals surface area (Å²) in [4.78, 5) is 0.304. The van der Waals surface area contributed by atoms with Gasteiger partial charge in [0.1, 0.15) is 5.82 Å². The van der Waals surface area contributed by atoms with Crippen molar-refractivity contribution in [2.75, 3.05) is 6.26 Å². The van der Waals surface area contributed by atoms with Crippen LogP contribution in [0.5, 0.6) is 0 Å². The molecule has 0 unspecified atom stereocenters. The lowest BCUT2D eigenvalue weighted by Crippen LogP contribution is -2.13. The Morgan fingerprint density at radius 1 is 0.846 bits per heavy atom. The second-order valence-electron chi connectivity index (χ2n) is 6.20.